The summed E-state index contributed by atoms with van der Waals surface area (Å²) in [6.45, 7) is 3.71. The van der Waals surface area contributed by atoms with Gasteiger partial charge in [-0.25, -0.2) is 0 Å². The van der Waals surface area contributed by atoms with Crippen LogP contribution in [0.1, 0.15) is 36.0 Å². The van der Waals surface area contributed by atoms with E-state index in [1.54, 1.807) is 7.11 Å². The average molecular weight is 392 g/mol. The average Bonchev–Trinajstić information content (AvgIpc) is 3.17. The van der Waals surface area contributed by atoms with Crippen molar-refractivity contribution in [2.75, 3.05) is 33.3 Å². The van der Waals surface area contributed by atoms with Gasteiger partial charge in [0.15, 0.2) is 0 Å². The molecule has 2 aromatic carbocycles. The fourth-order valence-corrected chi connectivity index (χ4v) is 4.41. The molecule has 152 valence electrons. The molecule has 2 saturated heterocycles. The van der Waals surface area contributed by atoms with Gasteiger partial charge in [-0.2, -0.15) is 0 Å². The molecule has 0 aliphatic carbocycles. The van der Waals surface area contributed by atoms with Crippen molar-refractivity contribution < 1.29 is 9.63 Å². The maximum absolute atomic E-state index is 13.3. The van der Waals surface area contributed by atoms with Gasteiger partial charge < -0.3 is 14.6 Å². The highest BCUT2D eigenvalue weighted by Crippen LogP contribution is 2.24. The van der Waals surface area contributed by atoms with E-state index >= 15 is 0 Å². The number of oxime groups is 1. The van der Waals surface area contributed by atoms with Crippen molar-refractivity contribution in [3.8, 4) is 11.1 Å². The Morgan fingerprint density at radius 1 is 1.00 bits per heavy atom. The van der Waals surface area contributed by atoms with E-state index in [9.17, 15) is 4.79 Å². The van der Waals surface area contributed by atoms with Crippen molar-refractivity contribution >= 4 is 11.6 Å². The van der Waals surface area contributed by atoms with Crippen molar-refractivity contribution in [1.82, 2.24) is 9.80 Å². The summed E-state index contributed by atoms with van der Waals surface area (Å²) in [5, 5.41) is 4.15. The van der Waals surface area contributed by atoms with E-state index < -0.39 is 0 Å². The number of nitrogens with zero attached hydrogens (tertiary/aromatic N) is 3. The summed E-state index contributed by atoms with van der Waals surface area (Å²) >= 11 is 0. The van der Waals surface area contributed by atoms with Crippen LogP contribution in [-0.2, 0) is 4.84 Å². The molecular weight excluding hydrogens is 362 g/mol. The Labute approximate surface area is 173 Å². The van der Waals surface area contributed by atoms with Gasteiger partial charge in [0.2, 0.25) is 0 Å². The molecule has 0 aromatic heterocycles. The lowest BCUT2D eigenvalue weighted by Gasteiger charge is -2.32. The molecule has 0 spiro atoms. The maximum Gasteiger partial charge on any atom is 0.254 e. The summed E-state index contributed by atoms with van der Waals surface area (Å²) in [6, 6.07) is 18.3. The van der Waals surface area contributed by atoms with Crippen LogP contribution in [-0.4, -0.2) is 60.7 Å². The monoisotopic (exact) mass is 391 g/mol. The molecule has 2 aliphatic heterocycles. The largest absolute Gasteiger partial charge is 0.399 e. The van der Waals surface area contributed by atoms with Crippen molar-refractivity contribution in [2.45, 2.75) is 31.7 Å². The number of carbonyl (C=O) groups is 1. The Morgan fingerprint density at radius 3 is 2.38 bits per heavy atom. The second-order valence-electron chi connectivity index (χ2n) is 7.94. The lowest BCUT2D eigenvalue weighted by Crippen LogP contribution is -2.44. The Morgan fingerprint density at radius 2 is 1.69 bits per heavy atom. The van der Waals surface area contributed by atoms with Crippen LogP contribution in [0.25, 0.3) is 11.1 Å². The number of carbonyl (C=O) groups excluding carboxylic acids is 1. The van der Waals surface area contributed by atoms with Gasteiger partial charge in [-0.05, 0) is 49.2 Å². The van der Waals surface area contributed by atoms with Gasteiger partial charge in [0.05, 0.1) is 18.3 Å². The van der Waals surface area contributed by atoms with Crippen LogP contribution in [0, 0.1) is 0 Å². The SMILES string of the molecule is CO/N=C1\CC(CN2CCCCC2)N(C(=O)c2ccc(-c3ccccc3)cc2)C1. The number of rotatable bonds is 5. The first-order valence-electron chi connectivity index (χ1n) is 10.5. The first-order chi connectivity index (χ1) is 14.2. The molecule has 0 radical (unpaired) electrons. The zero-order chi connectivity index (χ0) is 20.1. The van der Waals surface area contributed by atoms with Crippen LogP contribution < -0.4 is 0 Å². The molecule has 0 saturated carbocycles. The van der Waals surface area contributed by atoms with Crippen molar-refractivity contribution in [3.05, 3.63) is 60.2 Å². The lowest BCUT2D eigenvalue weighted by atomic mass is 10.0. The standard InChI is InChI=1S/C24H29N3O2/c1-29-25-22-16-23(18-26-14-6-3-7-15-26)27(17-22)24(28)21-12-10-20(11-13-21)19-8-4-2-5-9-19/h2,4-5,8-13,23H,3,6-7,14-18H2,1H3/b25-22+. The molecule has 5 nitrogen and oxygen atoms in total. The number of hydrogen-bond acceptors (Lipinski definition) is 4. The summed E-state index contributed by atoms with van der Waals surface area (Å²) < 4.78 is 0. The fraction of sp³-hybridized carbons (Fsp3) is 0.417. The van der Waals surface area contributed by atoms with Crippen molar-refractivity contribution in [1.29, 1.82) is 0 Å². The third kappa shape index (κ3) is 4.67. The number of amides is 1. The Bertz CT molecular complexity index is 842. The van der Waals surface area contributed by atoms with Gasteiger partial charge in [-0.15, -0.1) is 0 Å². The smallest absolute Gasteiger partial charge is 0.254 e. The van der Waals surface area contributed by atoms with E-state index in [1.807, 2.05) is 47.4 Å². The van der Waals surface area contributed by atoms with Crippen molar-refractivity contribution in [2.24, 2.45) is 5.16 Å². The highest BCUT2D eigenvalue weighted by Gasteiger charge is 2.35. The topological polar surface area (TPSA) is 45.1 Å². The minimum atomic E-state index is 0.0768. The van der Waals surface area contributed by atoms with Crippen LogP contribution in [0.2, 0.25) is 0 Å². The van der Waals surface area contributed by atoms with Crippen LogP contribution in [0.4, 0.5) is 0 Å². The van der Waals surface area contributed by atoms with Crippen LogP contribution in [0.15, 0.2) is 59.8 Å². The number of hydrogen-bond donors (Lipinski definition) is 0. The van der Waals surface area contributed by atoms with Gasteiger partial charge in [0.25, 0.3) is 5.91 Å². The predicted octanol–water partition coefficient (Wildman–Crippen LogP) is 4.06. The van der Waals surface area contributed by atoms with Crippen LogP contribution in [0.3, 0.4) is 0 Å². The zero-order valence-electron chi connectivity index (χ0n) is 17.1. The molecule has 0 bridgehead atoms. The summed E-state index contributed by atoms with van der Waals surface area (Å²) in [5.74, 6) is 0.0768. The summed E-state index contributed by atoms with van der Waals surface area (Å²) in [5.41, 5.74) is 3.95. The van der Waals surface area contributed by atoms with Gasteiger partial charge in [0.1, 0.15) is 7.11 Å². The zero-order valence-corrected chi connectivity index (χ0v) is 17.1. The molecular formula is C24H29N3O2. The first kappa shape index (κ1) is 19.6. The molecule has 1 unspecified atom stereocenters. The molecule has 29 heavy (non-hydrogen) atoms. The van der Waals surface area contributed by atoms with Crippen LogP contribution in [0.5, 0.6) is 0 Å². The molecule has 5 heteroatoms. The minimum Gasteiger partial charge on any atom is -0.399 e. The van der Waals surface area contributed by atoms with Gasteiger partial charge in [-0.1, -0.05) is 54.0 Å². The van der Waals surface area contributed by atoms with E-state index in [0.717, 1.165) is 48.5 Å². The second-order valence-corrected chi connectivity index (χ2v) is 7.94. The molecule has 4 rings (SSSR count). The number of likely N-dealkylation sites (tertiary alicyclic amines) is 2. The highest BCUT2D eigenvalue weighted by molar-refractivity contribution is 6.00. The molecule has 0 N–H and O–H groups in total. The minimum absolute atomic E-state index is 0.0768. The molecule has 2 aromatic rings. The van der Waals surface area contributed by atoms with Gasteiger partial charge in [-0.3, -0.25) is 4.79 Å². The second kappa shape index (κ2) is 9.23. The fourth-order valence-electron chi connectivity index (χ4n) is 4.41. The first-order valence-corrected chi connectivity index (χ1v) is 10.5. The third-order valence-electron chi connectivity index (χ3n) is 5.90. The highest BCUT2D eigenvalue weighted by atomic mass is 16.6. The lowest BCUT2D eigenvalue weighted by molar-refractivity contribution is 0.0693. The van der Waals surface area contributed by atoms with E-state index in [2.05, 4.69) is 22.2 Å². The maximum atomic E-state index is 13.3. The number of piperidine rings is 1. The Balaban J connectivity index is 1.50. The molecule has 2 aliphatic rings. The molecule has 2 fully saturated rings. The predicted molar refractivity (Wildman–Crippen MR) is 116 cm³/mol. The Kier molecular flexibility index (Phi) is 6.25. The normalized spacial score (nSPS) is 21.5. The molecule has 1 amide bonds. The summed E-state index contributed by atoms with van der Waals surface area (Å²) in [7, 11) is 1.57. The van der Waals surface area contributed by atoms with Gasteiger partial charge >= 0.3 is 0 Å². The third-order valence-corrected chi connectivity index (χ3v) is 5.90. The van der Waals surface area contributed by atoms with Crippen molar-refractivity contribution in [3.63, 3.8) is 0 Å². The number of benzene rings is 2. The van der Waals surface area contributed by atoms with Gasteiger partial charge in [0, 0.05) is 18.5 Å². The molecule has 1 atom stereocenters. The van der Waals surface area contributed by atoms with Crippen LogP contribution >= 0.6 is 0 Å². The Hall–Kier alpha value is -2.66. The molecule has 2 heterocycles. The van der Waals surface area contributed by atoms with E-state index in [1.165, 1.54) is 19.3 Å². The summed E-state index contributed by atoms with van der Waals surface area (Å²) in [4.78, 5) is 22.8. The van der Waals surface area contributed by atoms with E-state index in [4.69, 9.17) is 4.84 Å². The quantitative estimate of drug-likeness (QED) is 0.722. The van der Waals surface area contributed by atoms with E-state index in [0.29, 0.717) is 6.54 Å². The van der Waals surface area contributed by atoms with E-state index in [-0.39, 0.29) is 11.9 Å². The summed E-state index contributed by atoms with van der Waals surface area (Å²) in [6.07, 6.45) is 4.60.